The van der Waals surface area contributed by atoms with E-state index < -0.39 is 0 Å². The highest BCUT2D eigenvalue weighted by molar-refractivity contribution is 9.10. The highest BCUT2D eigenvalue weighted by atomic mass is 79.9. The van der Waals surface area contributed by atoms with Crippen molar-refractivity contribution in [1.82, 2.24) is 4.90 Å². The Hall–Kier alpha value is -1.23. The van der Waals surface area contributed by atoms with Crippen LogP contribution in [0.3, 0.4) is 0 Å². The van der Waals surface area contributed by atoms with Gasteiger partial charge in [0.05, 0.1) is 0 Å². The molecular formula is C17H20BrFN2. The lowest BCUT2D eigenvalue weighted by Gasteiger charge is -2.31. The molecule has 0 fully saturated rings. The lowest BCUT2D eigenvalue weighted by atomic mass is 9.99. The minimum Gasteiger partial charge on any atom is -0.326 e. The Bertz CT molecular complexity index is 601. The van der Waals surface area contributed by atoms with Gasteiger partial charge in [-0.15, -0.1) is 0 Å². The summed E-state index contributed by atoms with van der Waals surface area (Å²) in [6.07, 6.45) is 0. The van der Waals surface area contributed by atoms with Gasteiger partial charge in [0, 0.05) is 23.1 Å². The number of nitrogens with two attached hydrogens (primary N) is 1. The van der Waals surface area contributed by atoms with Crippen LogP contribution in [-0.4, -0.2) is 18.0 Å². The predicted molar refractivity (Wildman–Crippen MR) is 88.4 cm³/mol. The topological polar surface area (TPSA) is 29.3 Å². The summed E-state index contributed by atoms with van der Waals surface area (Å²) in [5.74, 6) is -0.228. The molecule has 0 aliphatic rings. The van der Waals surface area contributed by atoms with Gasteiger partial charge in [-0.3, -0.25) is 4.90 Å². The van der Waals surface area contributed by atoms with Gasteiger partial charge in [0.15, 0.2) is 0 Å². The van der Waals surface area contributed by atoms with Crippen molar-refractivity contribution in [1.29, 1.82) is 0 Å². The van der Waals surface area contributed by atoms with E-state index in [9.17, 15) is 4.39 Å². The maximum absolute atomic E-state index is 13.5. The first-order valence-corrected chi connectivity index (χ1v) is 7.72. The van der Waals surface area contributed by atoms with Crippen molar-refractivity contribution in [3.8, 4) is 0 Å². The number of benzene rings is 2. The van der Waals surface area contributed by atoms with Crippen LogP contribution in [0.2, 0.25) is 0 Å². The van der Waals surface area contributed by atoms with Crippen LogP contribution in [0.4, 0.5) is 4.39 Å². The van der Waals surface area contributed by atoms with E-state index in [-0.39, 0.29) is 17.9 Å². The summed E-state index contributed by atoms with van der Waals surface area (Å²) in [4.78, 5) is 2.15. The molecule has 0 saturated carbocycles. The van der Waals surface area contributed by atoms with Crippen molar-refractivity contribution in [2.75, 3.05) is 7.05 Å². The standard InChI is InChI=1S/C17H20BrFN2/c1-12(20)17(14-6-4-8-16(19)10-14)21(2)11-13-5-3-7-15(18)9-13/h3-10,12,17H,11,20H2,1-2H3. The van der Waals surface area contributed by atoms with Crippen LogP contribution in [0.25, 0.3) is 0 Å². The molecule has 0 aromatic heterocycles. The monoisotopic (exact) mass is 350 g/mol. The molecule has 2 N–H and O–H groups in total. The predicted octanol–water partition coefficient (Wildman–Crippen LogP) is 4.11. The number of rotatable bonds is 5. The van der Waals surface area contributed by atoms with Gasteiger partial charge in [-0.25, -0.2) is 4.39 Å². The number of hydrogen-bond donors (Lipinski definition) is 1. The fourth-order valence-electron chi connectivity index (χ4n) is 2.67. The van der Waals surface area contributed by atoms with E-state index >= 15 is 0 Å². The average Bonchev–Trinajstić information content (AvgIpc) is 2.38. The quantitative estimate of drug-likeness (QED) is 0.879. The van der Waals surface area contributed by atoms with Gasteiger partial charge in [0.25, 0.3) is 0 Å². The Morgan fingerprint density at radius 2 is 1.90 bits per heavy atom. The smallest absolute Gasteiger partial charge is 0.123 e. The molecule has 112 valence electrons. The molecule has 0 amide bonds. The lowest BCUT2D eigenvalue weighted by Crippen LogP contribution is -2.37. The molecule has 4 heteroatoms. The van der Waals surface area contributed by atoms with Crippen LogP contribution in [0.5, 0.6) is 0 Å². The third-order valence-corrected chi connectivity index (χ3v) is 3.98. The van der Waals surface area contributed by atoms with Crippen LogP contribution in [-0.2, 0) is 6.54 Å². The highest BCUT2D eigenvalue weighted by Gasteiger charge is 2.21. The SMILES string of the molecule is CC(N)C(c1cccc(F)c1)N(C)Cc1cccc(Br)c1. The molecule has 21 heavy (non-hydrogen) atoms. The van der Waals surface area contributed by atoms with Gasteiger partial charge in [-0.1, -0.05) is 40.2 Å². The summed E-state index contributed by atoms with van der Waals surface area (Å²) in [5.41, 5.74) is 8.22. The van der Waals surface area contributed by atoms with Crippen molar-refractivity contribution < 1.29 is 4.39 Å². The minimum atomic E-state index is -0.228. The third kappa shape index (κ3) is 4.37. The van der Waals surface area contributed by atoms with Crippen LogP contribution in [0, 0.1) is 5.82 Å². The molecule has 0 spiro atoms. The van der Waals surface area contributed by atoms with Crippen molar-refractivity contribution in [3.63, 3.8) is 0 Å². The molecule has 0 radical (unpaired) electrons. The molecule has 2 aromatic carbocycles. The zero-order valence-corrected chi connectivity index (χ0v) is 13.8. The zero-order chi connectivity index (χ0) is 15.4. The molecule has 0 heterocycles. The highest BCUT2D eigenvalue weighted by Crippen LogP contribution is 2.25. The normalized spacial score (nSPS) is 14.2. The number of likely N-dealkylation sites (N-methyl/N-ethyl adjacent to an activating group) is 1. The molecule has 0 aliphatic heterocycles. The number of hydrogen-bond acceptors (Lipinski definition) is 2. The second kappa shape index (κ2) is 7.16. The lowest BCUT2D eigenvalue weighted by molar-refractivity contribution is 0.210. The fourth-order valence-corrected chi connectivity index (χ4v) is 3.12. The van der Waals surface area contributed by atoms with E-state index in [0.717, 1.165) is 16.6 Å². The van der Waals surface area contributed by atoms with E-state index in [2.05, 4.69) is 33.0 Å². The molecule has 0 aliphatic carbocycles. The number of halogens is 2. The van der Waals surface area contributed by atoms with E-state index in [0.29, 0.717) is 0 Å². The van der Waals surface area contributed by atoms with E-state index in [1.165, 1.54) is 11.6 Å². The first kappa shape index (κ1) is 16.1. The van der Waals surface area contributed by atoms with Gasteiger partial charge < -0.3 is 5.73 Å². The summed E-state index contributed by atoms with van der Waals surface area (Å²) in [7, 11) is 2.01. The molecule has 2 atom stereocenters. The van der Waals surface area contributed by atoms with Crippen LogP contribution < -0.4 is 5.73 Å². The van der Waals surface area contributed by atoms with Gasteiger partial charge in [0.1, 0.15) is 5.82 Å². The summed E-state index contributed by atoms with van der Waals surface area (Å²) >= 11 is 3.48. The van der Waals surface area contributed by atoms with Crippen molar-refractivity contribution >= 4 is 15.9 Å². The molecule has 2 nitrogen and oxygen atoms in total. The summed E-state index contributed by atoms with van der Waals surface area (Å²) in [6, 6.07) is 14.7. The van der Waals surface area contributed by atoms with Gasteiger partial charge in [0.2, 0.25) is 0 Å². The van der Waals surface area contributed by atoms with Crippen molar-refractivity contribution in [3.05, 3.63) is 69.9 Å². The van der Waals surface area contributed by atoms with E-state index in [1.807, 2.05) is 32.2 Å². The van der Waals surface area contributed by atoms with Gasteiger partial charge in [-0.2, -0.15) is 0 Å². The van der Waals surface area contributed by atoms with Crippen molar-refractivity contribution in [2.45, 2.75) is 25.6 Å². The van der Waals surface area contributed by atoms with Gasteiger partial charge >= 0.3 is 0 Å². The van der Waals surface area contributed by atoms with Crippen LogP contribution >= 0.6 is 15.9 Å². The summed E-state index contributed by atoms with van der Waals surface area (Å²) < 4.78 is 14.5. The Morgan fingerprint density at radius 3 is 2.52 bits per heavy atom. The first-order chi connectivity index (χ1) is 9.97. The maximum Gasteiger partial charge on any atom is 0.123 e. The van der Waals surface area contributed by atoms with Crippen LogP contribution in [0.1, 0.15) is 24.1 Å². The molecule has 0 saturated heterocycles. The minimum absolute atomic E-state index is 0.0281. The van der Waals surface area contributed by atoms with Gasteiger partial charge in [-0.05, 0) is 49.4 Å². The summed E-state index contributed by atoms with van der Waals surface area (Å²) in [6.45, 7) is 2.70. The zero-order valence-electron chi connectivity index (χ0n) is 12.3. The van der Waals surface area contributed by atoms with E-state index in [1.54, 1.807) is 12.1 Å². The Morgan fingerprint density at radius 1 is 1.19 bits per heavy atom. The maximum atomic E-state index is 13.5. The average molecular weight is 351 g/mol. The fraction of sp³-hybridized carbons (Fsp3) is 0.294. The van der Waals surface area contributed by atoms with Crippen LogP contribution in [0.15, 0.2) is 53.0 Å². The number of nitrogens with zero attached hydrogens (tertiary/aromatic N) is 1. The molecule has 2 aromatic rings. The molecule has 2 rings (SSSR count). The first-order valence-electron chi connectivity index (χ1n) is 6.93. The molecule has 0 bridgehead atoms. The Labute approximate surface area is 133 Å². The third-order valence-electron chi connectivity index (χ3n) is 3.48. The molecular weight excluding hydrogens is 331 g/mol. The largest absolute Gasteiger partial charge is 0.326 e. The van der Waals surface area contributed by atoms with Crippen molar-refractivity contribution in [2.24, 2.45) is 5.73 Å². The summed E-state index contributed by atoms with van der Waals surface area (Å²) in [5, 5.41) is 0. The Balaban J connectivity index is 2.22. The van der Waals surface area contributed by atoms with E-state index in [4.69, 9.17) is 5.73 Å². The second-order valence-corrected chi connectivity index (χ2v) is 6.32. The molecule has 2 unspecified atom stereocenters. The second-order valence-electron chi connectivity index (χ2n) is 5.40. The Kier molecular flexibility index (Phi) is 5.51.